The number of amides is 3. The molecule has 0 saturated carbocycles. The quantitative estimate of drug-likeness (QED) is 0.110. The first-order valence-corrected chi connectivity index (χ1v) is 13.6. The van der Waals surface area contributed by atoms with Gasteiger partial charge in [-0.05, 0) is 83.5 Å². The average Bonchev–Trinajstić information content (AvgIpc) is 2.91. The van der Waals surface area contributed by atoms with Gasteiger partial charge in [0.05, 0.1) is 32.1 Å². The lowest BCUT2D eigenvalue weighted by Crippen LogP contribution is -2.32. The van der Waals surface area contributed by atoms with E-state index in [1.807, 2.05) is 31.2 Å². The second-order valence-corrected chi connectivity index (χ2v) is 9.85. The van der Waals surface area contributed by atoms with Crippen LogP contribution in [-0.4, -0.2) is 37.1 Å². The van der Waals surface area contributed by atoms with Crippen LogP contribution in [0.5, 0.6) is 11.5 Å². The Kier molecular flexibility index (Phi) is 11.4. The predicted octanol–water partition coefficient (Wildman–Crippen LogP) is 5.67. The molecule has 12 heteroatoms. The maximum Gasteiger partial charge on any atom is 0.329 e. The van der Waals surface area contributed by atoms with E-state index in [-0.39, 0.29) is 28.2 Å². The molecule has 0 heterocycles. The molecular formula is C27H25Cl2IN4O5. The molecule has 3 aromatic carbocycles. The van der Waals surface area contributed by atoms with E-state index >= 15 is 0 Å². The molecule has 0 spiro atoms. The fourth-order valence-electron chi connectivity index (χ4n) is 3.22. The topological polar surface area (TPSA) is 118 Å². The van der Waals surface area contributed by atoms with E-state index in [0.717, 1.165) is 6.42 Å². The van der Waals surface area contributed by atoms with Crippen molar-refractivity contribution in [1.82, 2.24) is 5.43 Å². The van der Waals surface area contributed by atoms with Gasteiger partial charge >= 0.3 is 11.8 Å². The maximum atomic E-state index is 12.4. The van der Waals surface area contributed by atoms with Gasteiger partial charge in [0.2, 0.25) is 0 Å². The molecule has 0 aromatic heterocycles. The highest BCUT2D eigenvalue weighted by Crippen LogP contribution is 2.34. The van der Waals surface area contributed by atoms with Gasteiger partial charge in [-0.3, -0.25) is 14.4 Å². The van der Waals surface area contributed by atoms with Crippen LogP contribution < -0.4 is 25.5 Å². The number of aryl methyl sites for hydroxylation is 1. The third kappa shape index (κ3) is 8.84. The van der Waals surface area contributed by atoms with Crippen molar-refractivity contribution in [3.8, 4) is 11.5 Å². The van der Waals surface area contributed by atoms with Crippen LogP contribution >= 0.6 is 45.8 Å². The third-order valence-corrected chi connectivity index (χ3v) is 6.73. The number of carbonyl (C=O) groups excluding carboxylic acids is 3. The van der Waals surface area contributed by atoms with Crippen molar-refractivity contribution < 1.29 is 23.9 Å². The molecule has 204 valence electrons. The molecule has 0 unspecified atom stereocenters. The Bertz CT molecular complexity index is 1380. The number of rotatable bonds is 10. The van der Waals surface area contributed by atoms with Crippen LogP contribution in [0.1, 0.15) is 25.0 Å². The number of hydrogen-bond acceptors (Lipinski definition) is 6. The standard InChI is InChI=1S/C27H25Cl2IN4O5/c1-3-16-8-10-18(11-9-16)32-23(35)15-39-25-20(30)12-17(13-22(25)38-4-2)14-31-34-27(37)26(36)33-21-7-5-6-19(28)24(21)29/h5-14H,3-4,15H2,1-2H3,(H,32,35)(H,33,36)(H,34,37)/b31-14-. The number of nitrogens with zero attached hydrogens (tertiary/aromatic N) is 1. The van der Waals surface area contributed by atoms with Crippen molar-refractivity contribution in [2.24, 2.45) is 5.10 Å². The number of hydrogen-bond donors (Lipinski definition) is 3. The molecular weight excluding hydrogens is 658 g/mol. The first-order valence-electron chi connectivity index (χ1n) is 11.8. The summed E-state index contributed by atoms with van der Waals surface area (Å²) in [5.74, 6) is -1.50. The van der Waals surface area contributed by atoms with E-state index in [9.17, 15) is 14.4 Å². The van der Waals surface area contributed by atoms with Gasteiger partial charge in [0.1, 0.15) is 0 Å². The van der Waals surface area contributed by atoms with Crippen molar-refractivity contribution in [1.29, 1.82) is 0 Å². The largest absolute Gasteiger partial charge is 0.490 e. The molecule has 9 nitrogen and oxygen atoms in total. The zero-order chi connectivity index (χ0) is 28.4. The highest BCUT2D eigenvalue weighted by Gasteiger charge is 2.16. The summed E-state index contributed by atoms with van der Waals surface area (Å²) in [4.78, 5) is 36.7. The normalized spacial score (nSPS) is 10.7. The van der Waals surface area contributed by atoms with Gasteiger partial charge in [-0.15, -0.1) is 0 Å². The van der Waals surface area contributed by atoms with Crippen LogP contribution in [0.15, 0.2) is 59.7 Å². The van der Waals surface area contributed by atoms with Crippen molar-refractivity contribution >= 4 is 81.1 Å². The zero-order valence-corrected chi connectivity index (χ0v) is 24.7. The summed E-state index contributed by atoms with van der Waals surface area (Å²) >= 11 is 14.0. The predicted molar refractivity (Wildman–Crippen MR) is 161 cm³/mol. The summed E-state index contributed by atoms with van der Waals surface area (Å²) in [6.07, 6.45) is 2.26. The number of carbonyl (C=O) groups is 3. The summed E-state index contributed by atoms with van der Waals surface area (Å²) in [7, 11) is 0. The fourth-order valence-corrected chi connectivity index (χ4v) is 4.35. The van der Waals surface area contributed by atoms with Crippen LogP contribution in [0.4, 0.5) is 11.4 Å². The zero-order valence-electron chi connectivity index (χ0n) is 21.0. The molecule has 3 rings (SSSR count). The van der Waals surface area contributed by atoms with Gasteiger partial charge in [0, 0.05) is 5.69 Å². The van der Waals surface area contributed by atoms with E-state index in [0.29, 0.717) is 32.9 Å². The second-order valence-electron chi connectivity index (χ2n) is 7.90. The number of nitrogens with one attached hydrogen (secondary N) is 3. The van der Waals surface area contributed by atoms with Gasteiger partial charge in [-0.1, -0.05) is 48.3 Å². The Morgan fingerprint density at radius 1 is 0.974 bits per heavy atom. The minimum atomic E-state index is -1.00. The van der Waals surface area contributed by atoms with Crippen LogP contribution in [0.3, 0.4) is 0 Å². The summed E-state index contributed by atoms with van der Waals surface area (Å²) in [5, 5.41) is 9.37. The van der Waals surface area contributed by atoms with E-state index in [4.69, 9.17) is 32.7 Å². The lowest BCUT2D eigenvalue weighted by atomic mass is 10.1. The highest BCUT2D eigenvalue weighted by molar-refractivity contribution is 14.1. The monoisotopic (exact) mass is 682 g/mol. The number of hydrazone groups is 1. The number of ether oxygens (including phenoxy) is 2. The van der Waals surface area contributed by atoms with Gasteiger partial charge in [0.25, 0.3) is 5.91 Å². The average molecular weight is 683 g/mol. The molecule has 3 amide bonds. The summed E-state index contributed by atoms with van der Waals surface area (Å²) in [6.45, 7) is 4.01. The lowest BCUT2D eigenvalue weighted by molar-refractivity contribution is -0.136. The van der Waals surface area contributed by atoms with Gasteiger partial charge in [-0.25, -0.2) is 5.43 Å². The Hall–Kier alpha value is -3.35. The Balaban J connectivity index is 1.61. The summed E-state index contributed by atoms with van der Waals surface area (Å²) < 4.78 is 12.1. The van der Waals surface area contributed by atoms with Crippen LogP contribution in [0, 0.1) is 3.57 Å². The first-order chi connectivity index (χ1) is 18.7. The van der Waals surface area contributed by atoms with Crippen molar-refractivity contribution in [3.05, 3.63) is 79.3 Å². The van der Waals surface area contributed by atoms with Crippen molar-refractivity contribution in [2.75, 3.05) is 23.8 Å². The summed E-state index contributed by atoms with van der Waals surface area (Å²) in [5.41, 5.74) is 4.77. The SMILES string of the molecule is CCOc1cc(/C=N\NC(=O)C(=O)Nc2cccc(Cl)c2Cl)cc(I)c1OCC(=O)Nc1ccc(CC)cc1. The Morgan fingerprint density at radius 3 is 2.41 bits per heavy atom. The maximum absolute atomic E-state index is 12.4. The van der Waals surface area contributed by atoms with E-state index < -0.39 is 11.8 Å². The van der Waals surface area contributed by atoms with Crippen LogP contribution in [0.25, 0.3) is 0 Å². The fraction of sp³-hybridized carbons (Fsp3) is 0.185. The molecule has 0 atom stereocenters. The second kappa shape index (κ2) is 14.7. The van der Waals surface area contributed by atoms with Crippen LogP contribution in [0.2, 0.25) is 10.0 Å². The minimum absolute atomic E-state index is 0.118. The molecule has 0 aliphatic heterocycles. The molecule has 0 fully saturated rings. The van der Waals surface area contributed by atoms with Gasteiger partial charge < -0.3 is 20.1 Å². The van der Waals surface area contributed by atoms with Crippen molar-refractivity contribution in [3.63, 3.8) is 0 Å². The minimum Gasteiger partial charge on any atom is -0.490 e. The molecule has 0 bridgehead atoms. The van der Waals surface area contributed by atoms with E-state index in [1.54, 1.807) is 24.3 Å². The smallest absolute Gasteiger partial charge is 0.329 e. The summed E-state index contributed by atoms with van der Waals surface area (Å²) in [6, 6.07) is 15.6. The Labute approximate surface area is 249 Å². The molecule has 0 aliphatic rings. The number of benzene rings is 3. The number of halogens is 3. The van der Waals surface area contributed by atoms with Crippen LogP contribution in [-0.2, 0) is 20.8 Å². The molecule has 0 aliphatic carbocycles. The van der Waals surface area contributed by atoms with Gasteiger partial charge in [-0.2, -0.15) is 5.10 Å². The lowest BCUT2D eigenvalue weighted by Gasteiger charge is -2.14. The molecule has 3 aromatic rings. The van der Waals surface area contributed by atoms with E-state index in [2.05, 4.69) is 50.7 Å². The molecule has 39 heavy (non-hydrogen) atoms. The third-order valence-electron chi connectivity index (χ3n) is 5.11. The Morgan fingerprint density at radius 2 is 1.72 bits per heavy atom. The number of anilines is 2. The molecule has 0 saturated heterocycles. The van der Waals surface area contributed by atoms with E-state index in [1.165, 1.54) is 17.8 Å². The first kappa shape index (κ1) is 30.2. The van der Waals surface area contributed by atoms with Gasteiger partial charge in [0.15, 0.2) is 18.1 Å². The highest BCUT2D eigenvalue weighted by atomic mass is 127. The van der Waals surface area contributed by atoms with Crippen molar-refractivity contribution in [2.45, 2.75) is 20.3 Å². The molecule has 0 radical (unpaired) electrons. The molecule has 3 N–H and O–H groups in total.